The SMILES string of the molecule is O=C(C=Cc1ccccc1)O[SiH3]. The summed E-state index contributed by atoms with van der Waals surface area (Å²) in [6.45, 7) is 0. The van der Waals surface area contributed by atoms with Crippen molar-refractivity contribution in [2.45, 2.75) is 0 Å². The van der Waals surface area contributed by atoms with E-state index < -0.39 is 0 Å². The summed E-state index contributed by atoms with van der Waals surface area (Å²) in [4.78, 5) is 10.7. The highest BCUT2D eigenvalue weighted by Crippen LogP contribution is 2.00. The van der Waals surface area contributed by atoms with Crippen molar-refractivity contribution in [3.63, 3.8) is 0 Å². The average molecular weight is 178 g/mol. The Labute approximate surface area is 74.4 Å². The molecule has 0 bridgehead atoms. The summed E-state index contributed by atoms with van der Waals surface area (Å²) < 4.78 is 4.59. The lowest BCUT2D eigenvalue weighted by Crippen LogP contribution is -1.94. The number of rotatable bonds is 2. The molecular weight excluding hydrogens is 168 g/mol. The summed E-state index contributed by atoms with van der Waals surface area (Å²) in [7, 11) is 0.449. The number of hydrogen-bond acceptors (Lipinski definition) is 2. The summed E-state index contributed by atoms with van der Waals surface area (Å²) in [6, 6.07) is 9.63. The van der Waals surface area contributed by atoms with Crippen LogP contribution < -0.4 is 0 Å². The highest BCUT2D eigenvalue weighted by Gasteiger charge is 1.89. The monoisotopic (exact) mass is 178 g/mol. The quantitative estimate of drug-likeness (QED) is 0.487. The van der Waals surface area contributed by atoms with Crippen LogP contribution in [-0.2, 0) is 9.22 Å². The summed E-state index contributed by atoms with van der Waals surface area (Å²) >= 11 is 0. The molecule has 2 nitrogen and oxygen atoms in total. The molecule has 3 heteroatoms. The zero-order valence-corrected chi connectivity index (χ0v) is 8.86. The van der Waals surface area contributed by atoms with E-state index in [1.165, 1.54) is 6.08 Å². The Hall–Kier alpha value is -1.35. The van der Waals surface area contributed by atoms with E-state index in [0.29, 0.717) is 10.5 Å². The molecular formula is C9H10O2Si. The molecule has 0 aliphatic heterocycles. The minimum absolute atomic E-state index is 0.273. The van der Waals surface area contributed by atoms with Gasteiger partial charge in [-0.25, -0.2) is 4.79 Å². The molecule has 0 fully saturated rings. The highest BCUT2D eigenvalue weighted by atomic mass is 28.2. The van der Waals surface area contributed by atoms with Gasteiger partial charge in [-0.05, 0) is 11.6 Å². The molecule has 0 aromatic heterocycles. The lowest BCUT2D eigenvalue weighted by molar-refractivity contribution is -0.128. The summed E-state index contributed by atoms with van der Waals surface area (Å²) in [5.74, 6) is -0.273. The molecule has 12 heavy (non-hydrogen) atoms. The smallest absolute Gasteiger partial charge is 0.316 e. The van der Waals surface area contributed by atoms with Crippen LogP contribution in [0.3, 0.4) is 0 Å². The molecule has 0 radical (unpaired) electrons. The molecule has 0 heterocycles. The summed E-state index contributed by atoms with van der Waals surface area (Å²) in [6.07, 6.45) is 3.17. The van der Waals surface area contributed by atoms with E-state index in [2.05, 4.69) is 4.43 Å². The second kappa shape index (κ2) is 4.51. The van der Waals surface area contributed by atoms with Gasteiger partial charge in [0, 0.05) is 6.08 Å². The largest absolute Gasteiger partial charge is 0.526 e. The van der Waals surface area contributed by atoms with Crippen LogP contribution in [0.1, 0.15) is 5.56 Å². The Kier molecular flexibility index (Phi) is 3.28. The molecule has 62 valence electrons. The minimum Gasteiger partial charge on any atom is -0.526 e. The highest BCUT2D eigenvalue weighted by molar-refractivity contribution is 6.08. The van der Waals surface area contributed by atoms with Crippen molar-refractivity contribution in [2.75, 3.05) is 0 Å². The van der Waals surface area contributed by atoms with Gasteiger partial charge in [-0.3, -0.25) is 0 Å². The molecule has 0 aliphatic rings. The van der Waals surface area contributed by atoms with Crippen LogP contribution in [0.4, 0.5) is 0 Å². The Morgan fingerprint density at radius 1 is 1.33 bits per heavy atom. The Morgan fingerprint density at radius 2 is 2.00 bits per heavy atom. The molecule has 0 saturated carbocycles. The molecule has 0 aliphatic carbocycles. The lowest BCUT2D eigenvalue weighted by atomic mass is 10.2. The van der Waals surface area contributed by atoms with Crippen molar-refractivity contribution < 1.29 is 9.22 Å². The maximum atomic E-state index is 10.7. The first-order valence-electron chi connectivity index (χ1n) is 3.64. The average Bonchev–Trinajstić information content (AvgIpc) is 2.16. The van der Waals surface area contributed by atoms with Crippen molar-refractivity contribution in [3.8, 4) is 0 Å². The molecule has 0 N–H and O–H groups in total. The second-order valence-corrected chi connectivity index (χ2v) is 2.68. The summed E-state index contributed by atoms with van der Waals surface area (Å²) in [5, 5.41) is 0. The van der Waals surface area contributed by atoms with Crippen molar-refractivity contribution in [1.82, 2.24) is 0 Å². The van der Waals surface area contributed by atoms with E-state index in [1.807, 2.05) is 30.3 Å². The van der Waals surface area contributed by atoms with Gasteiger partial charge in [0.15, 0.2) is 0 Å². The zero-order valence-electron chi connectivity index (χ0n) is 6.86. The Bertz CT molecular complexity index is 280. The standard InChI is InChI=1S/C9H10O2Si/c10-9(11-12)7-6-8-4-2-1-3-5-8/h1-7H,12H3. The second-order valence-electron chi connectivity index (χ2n) is 2.27. The van der Waals surface area contributed by atoms with Crippen LogP contribution in [-0.4, -0.2) is 16.5 Å². The van der Waals surface area contributed by atoms with E-state index in [-0.39, 0.29) is 5.97 Å². The maximum absolute atomic E-state index is 10.7. The topological polar surface area (TPSA) is 26.3 Å². The zero-order chi connectivity index (χ0) is 8.81. The molecule has 1 aromatic carbocycles. The first-order valence-corrected chi connectivity index (χ1v) is 4.45. The predicted molar refractivity (Wildman–Crippen MR) is 51.5 cm³/mol. The van der Waals surface area contributed by atoms with Crippen molar-refractivity contribution in [2.24, 2.45) is 0 Å². The Morgan fingerprint density at radius 3 is 2.58 bits per heavy atom. The van der Waals surface area contributed by atoms with Gasteiger partial charge < -0.3 is 4.43 Å². The van der Waals surface area contributed by atoms with Crippen LogP contribution in [0.5, 0.6) is 0 Å². The van der Waals surface area contributed by atoms with Crippen LogP contribution in [0.15, 0.2) is 36.4 Å². The molecule has 0 saturated heterocycles. The fourth-order valence-electron chi connectivity index (χ4n) is 0.796. The third-order valence-electron chi connectivity index (χ3n) is 1.41. The molecule has 0 amide bonds. The van der Waals surface area contributed by atoms with E-state index in [9.17, 15) is 4.79 Å². The fraction of sp³-hybridized carbons (Fsp3) is 0. The maximum Gasteiger partial charge on any atom is 0.316 e. The van der Waals surface area contributed by atoms with E-state index in [0.717, 1.165) is 5.56 Å². The van der Waals surface area contributed by atoms with Gasteiger partial charge in [0.05, 0.1) is 0 Å². The number of carbonyl (C=O) groups excluding carboxylic acids is 1. The van der Waals surface area contributed by atoms with Gasteiger partial charge in [-0.15, -0.1) is 0 Å². The van der Waals surface area contributed by atoms with Gasteiger partial charge in [0.25, 0.3) is 0 Å². The van der Waals surface area contributed by atoms with Crippen molar-refractivity contribution in [3.05, 3.63) is 42.0 Å². The third kappa shape index (κ3) is 2.71. The van der Waals surface area contributed by atoms with Crippen LogP contribution in [0.25, 0.3) is 6.08 Å². The molecule has 0 spiro atoms. The Balaban J connectivity index is 2.64. The van der Waals surface area contributed by atoms with Crippen LogP contribution in [0, 0.1) is 0 Å². The third-order valence-corrected chi connectivity index (χ3v) is 1.81. The van der Waals surface area contributed by atoms with E-state index in [4.69, 9.17) is 0 Å². The normalized spacial score (nSPS) is 10.3. The molecule has 0 unspecified atom stereocenters. The molecule has 0 atom stereocenters. The molecule has 1 aromatic rings. The van der Waals surface area contributed by atoms with Crippen molar-refractivity contribution >= 4 is 22.5 Å². The van der Waals surface area contributed by atoms with E-state index in [1.54, 1.807) is 6.08 Å². The number of hydrogen-bond donors (Lipinski definition) is 0. The van der Waals surface area contributed by atoms with Gasteiger partial charge in [-0.1, -0.05) is 30.3 Å². The van der Waals surface area contributed by atoms with Gasteiger partial charge in [0.2, 0.25) is 10.5 Å². The van der Waals surface area contributed by atoms with Crippen LogP contribution in [0.2, 0.25) is 0 Å². The number of carbonyl (C=O) groups is 1. The first kappa shape index (κ1) is 8.74. The molecule has 1 rings (SSSR count). The predicted octanol–water partition coefficient (Wildman–Crippen LogP) is 0.523. The van der Waals surface area contributed by atoms with Crippen molar-refractivity contribution in [1.29, 1.82) is 0 Å². The first-order chi connectivity index (χ1) is 5.83. The number of benzene rings is 1. The van der Waals surface area contributed by atoms with Gasteiger partial charge in [-0.2, -0.15) is 0 Å². The van der Waals surface area contributed by atoms with Crippen LogP contribution >= 0.6 is 0 Å². The fourth-order valence-corrected chi connectivity index (χ4v) is 0.933. The minimum atomic E-state index is -0.273. The van der Waals surface area contributed by atoms with Gasteiger partial charge in [0.1, 0.15) is 0 Å². The van der Waals surface area contributed by atoms with Gasteiger partial charge >= 0.3 is 5.97 Å². The lowest BCUT2D eigenvalue weighted by Gasteiger charge is -1.91. The summed E-state index contributed by atoms with van der Waals surface area (Å²) in [5.41, 5.74) is 1.00. The van der Waals surface area contributed by atoms with E-state index >= 15 is 0 Å².